The van der Waals surface area contributed by atoms with Gasteiger partial charge in [-0.15, -0.1) is 0 Å². The largest absolute Gasteiger partial charge is 0.447 e. The summed E-state index contributed by atoms with van der Waals surface area (Å²) in [6, 6.07) is -0.414. The van der Waals surface area contributed by atoms with Crippen molar-refractivity contribution >= 4 is 18.5 Å². The van der Waals surface area contributed by atoms with Gasteiger partial charge in [-0.25, -0.2) is 14.5 Å². The van der Waals surface area contributed by atoms with Crippen LogP contribution in [0.15, 0.2) is 0 Å². The van der Waals surface area contributed by atoms with Gasteiger partial charge in [0.05, 0.1) is 6.04 Å². The van der Waals surface area contributed by atoms with E-state index in [4.69, 9.17) is 9.47 Å². The minimum Gasteiger partial charge on any atom is -0.447 e. The molecule has 0 saturated carbocycles. The third-order valence-corrected chi connectivity index (χ3v) is 2.17. The first-order valence-corrected chi connectivity index (χ1v) is 5.48. The van der Waals surface area contributed by atoms with Crippen LogP contribution < -0.4 is 0 Å². The number of hydrogen-bond donors (Lipinski definition) is 0. The van der Waals surface area contributed by atoms with Crippen LogP contribution in [0.3, 0.4) is 0 Å². The highest BCUT2D eigenvalue weighted by molar-refractivity contribution is 5.89. The molecule has 0 aromatic heterocycles. The Hall–Kier alpha value is -1.59. The van der Waals surface area contributed by atoms with E-state index in [0.29, 0.717) is 6.42 Å². The van der Waals surface area contributed by atoms with E-state index in [1.54, 1.807) is 20.8 Å². The number of imide groups is 1. The fourth-order valence-corrected chi connectivity index (χ4v) is 1.47. The van der Waals surface area contributed by atoms with Crippen LogP contribution in [0.5, 0.6) is 0 Å². The molecule has 1 atom stereocenters. The first-order chi connectivity index (χ1) is 7.85. The monoisotopic (exact) mass is 243 g/mol. The molecule has 96 valence electrons. The standard InChI is InChI=1S/C11H17NO5/c1-11(2,3)17-10(15)12-8(5-4-6-13)7-16-9(12)14/h6,8H,4-5,7H2,1-3H3. The molecule has 0 N–H and O–H groups in total. The number of nitrogens with zero attached hydrogens (tertiary/aromatic N) is 1. The lowest BCUT2D eigenvalue weighted by molar-refractivity contribution is -0.108. The average molecular weight is 243 g/mol. The summed E-state index contributed by atoms with van der Waals surface area (Å²) in [5, 5.41) is 0. The van der Waals surface area contributed by atoms with Crippen LogP contribution >= 0.6 is 0 Å². The molecule has 17 heavy (non-hydrogen) atoms. The van der Waals surface area contributed by atoms with E-state index < -0.39 is 23.8 Å². The maximum atomic E-state index is 11.8. The molecule has 0 aromatic rings. The second kappa shape index (κ2) is 5.16. The third-order valence-electron chi connectivity index (χ3n) is 2.17. The number of cyclic esters (lactones) is 1. The predicted octanol–water partition coefficient (Wildman–Crippen LogP) is 1.72. The van der Waals surface area contributed by atoms with E-state index in [9.17, 15) is 14.4 Å². The first kappa shape index (κ1) is 13.5. The summed E-state index contributed by atoms with van der Waals surface area (Å²) >= 11 is 0. The maximum absolute atomic E-state index is 11.8. The van der Waals surface area contributed by atoms with Gasteiger partial charge in [0.15, 0.2) is 0 Å². The Labute approximate surface area is 99.9 Å². The summed E-state index contributed by atoms with van der Waals surface area (Å²) in [6.45, 7) is 5.26. The van der Waals surface area contributed by atoms with Crippen molar-refractivity contribution in [3.63, 3.8) is 0 Å². The molecular weight excluding hydrogens is 226 g/mol. The fourth-order valence-electron chi connectivity index (χ4n) is 1.47. The van der Waals surface area contributed by atoms with Gasteiger partial charge in [-0.2, -0.15) is 0 Å². The molecule has 1 unspecified atom stereocenters. The van der Waals surface area contributed by atoms with Crippen LogP contribution in [-0.2, 0) is 14.3 Å². The average Bonchev–Trinajstić information content (AvgIpc) is 2.54. The predicted molar refractivity (Wildman–Crippen MR) is 58.5 cm³/mol. The van der Waals surface area contributed by atoms with E-state index >= 15 is 0 Å². The molecule has 1 aliphatic rings. The lowest BCUT2D eigenvalue weighted by Crippen LogP contribution is -2.42. The summed E-state index contributed by atoms with van der Waals surface area (Å²) in [6.07, 6.45) is -0.0171. The number of aldehydes is 1. The highest BCUT2D eigenvalue weighted by atomic mass is 16.6. The number of rotatable bonds is 3. The maximum Gasteiger partial charge on any atom is 0.420 e. The van der Waals surface area contributed by atoms with Crippen molar-refractivity contribution in [2.75, 3.05) is 6.61 Å². The van der Waals surface area contributed by atoms with Crippen molar-refractivity contribution in [3.05, 3.63) is 0 Å². The molecule has 0 aromatic carbocycles. The molecule has 1 rings (SSSR count). The molecule has 6 heteroatoms. The second-order valence-corrected chi connectivity index (χ2v) is 4.83. The fraction of sp³-hybridized carbons (Fsp3) is 0.727. The van der Waals surface area contributed by atoms with Crippen LogP contribution in [0.1, 0.15) is 33.6 Å². The molecule has 1 fully saturated rings. The zero-order valence-electron chi connectivity index (χ0n) is 10.3. The Morgan fingerprint density at radius 2 is 2.24 bits per heavy atom. The normalized spacial score (nSPS) is 20.1. The van der Waals surface area contributed by atoms with Crippen molar-refractivity contribution in [2.24, 2.45) is 0 Å². The molecule has 1 aliphatic heterocycles. The molecule has 2 amide bonds. The lowest BCUT2D eigenvalue weighted by Gasteiger charge is -2.24. The quantitative estimate of drug-likeness (QED) is 0.706. The molecule has 6 nitrogen and oxygen atoms in total. The molecular formula is C11H17NO5. The summed E-state index contributed by atoms with van der Waals surface area (Å²) in [5.74, 6) is 0. The minimum atomic E-state index is -0.726. The SMILES string of the molecule is CC(C)(C)OC(=O)N1C(=O)OCC1CCC=O. The number of amides is 2. The summed E-state index contributed by atoms with van der Waals surface area (Å²) in [7, 11) is 0. The van der Waals surface area contributed by atoms with Gasteiger partial charge in [0.2, 0.25) is 0 Å². The highest BCUT2D eigenvalue weighted by Crippen LogP contribution is 2.20. The van der Waals surface area contributed by atoms with Crippen molar-refractivity contribution in [3.8, 4) is 0 Å². The number of ether oxygens (including phenoxy) is 2. The van der Waals surface area contributed by atoms with E-state index in [1.165, 1.54) is 0 Å². The van der Waals surface area contributed by atoms with Crippen LogP contribution in [0.25, 0.3) is 0 Å². The summed E-state index contributed by atoms with van der Waals surface area (Å²) in [5.41, 5.74) is -0.671. The van der Waals surface area contributed by atoms with Gasteiger partial charge >= 0.3 is 12.2 Å². The molecule has 1 heterocycles. The van der Waals surface area contributed by atoms with Gasteiger partial charge < -0.3 is 14.3 Å². The van der Waals surface area contributed by atoms with E-state index in [2.05, 4.69) is 0 Å². The zero-order valence-corrected chi connectivity index (χ0v) is 10.3. The van der Waals surface area contributed by atoms with Crippen molar-refractivity contribution < 1.29 is 23.9 Å². The molecule has 0 aliphatic carbocycles. The van der Waals surface area contributed by atoms with Gasteiger partial charge in [0.1, 0.15) is 18.5 Å². The highest BCUT2D eigenvalue weighted by Gasteiger charge is 2.40. The summed E-state index contributed by atoms with van der Waals surface area (Å²) in [4.78, 5) is 34.4. The Balaban J connectivity index is 2.67. The molecule has 0 spiro atoms. The Morgan fingerprint density at radius 3 is 2.76 bits per heavy atom. The smallest absolute Gasteiger partial charge is 0.420 e. The van der Waals surface area contributed by atoms with Crippen LogP contribution in [0.4, 0.5) is 9.59 Å². The van der Waals surface area contributed by atoms with Crippen LogP contribution in [-0.4, -0.2) is 41.6 Å². The Kier molecular flexibility index (Phi) is 4.09. The van der Waals surface area contributed by atoms with Crippen LogP contribution in [0.2, 0.25) is 0 Å². The molecule has 0 bridgehead atoms. The van der Waals surface area contributed by atoms with Gasteiger partial charge in [-0.1, -0.05) is 0 Å². The van der Waals surface area contributed by atoms with Gasteiger partial charge in [0, 0.05) is 6.42 Å². The first-order valence-electron chi connectivity index (χ1n) is 5.48. The van der Waals surface area contributed by atoms with E-state index in [-0.39, 0.29) is 13.0 Å². The number of hydrogen-bond acceptors (Lipinski definition) is 5. The van der Waals surface area contributed by atoms with Crippen LogP contribution in [0, 0.1) is 0 Å². The minimum absolute atomic E-state index is 0.117. The van der Waals surface area contributed by atoms with Gasteiger partial charge in [-0.3, -0.25) is 0 Å². The van der Waals surface area contributed by atoms with Gasteiger partial charge in [-0.05, 0) is 27.2 Å². The van der Waals surface area contributed by atoms with Gasteiger partial charge in [0.25, 0.3) is 0 Å². The molecule has 0 radical (unpaired) electrons. The Morgan fingerprint density at radius 1 is 1.59 bits per heavy atom. The second-order valence-electron chi connectivity index (χ2n) is 4.83. The third kappa shape index (κ3) is 3.72. The zero-order chi connectivity index (χ0) is 13.1. The van der Waals surface area contributed by atoms with Crippen molar-refractivity contribution in [1.82, 2.24) is 4.90 Å². The van der Waals surface area contributed by atoms with E-state index in [1.807, 2.05) is 0 Å². The Bertz CT molecular complexity index is 320. The summed E-state index contributed by atoms with van der Waals surface area (Å²) < 4.78 is 9.88. The van der Waals surface area contributed by atoms with Crippen molar-refractivity contribution in [2.45, 2.75) is 45.3 Å². The topological polar surface area (TPSA) is 72.9 Å². The number of carbonyl (C=O) groups excluding carboxylic acids is 3. The lowest BCUT2D eigenvalue weighted by atomic mass is 10.1. The molecule has 1 saturated heterocycles. The van der Waals surface area contributed by atoms with E-state index in [0.717, 1.165) is 11.2 Å². The van der Waals surface area contributed by atoms with Crippen molar-refractivity contribution in [1.29, 1.82) is 0 Å². The number of carbonyl (C=O) groups is 3.